The lowest BCUT2D eigenvalue weighted by Crippen LogP contribution is -2.21. The number of nitrogens with one attached hydrogen (secondary N) is 1. The molecule has 4 aromatic rings. The quantitative estimate of drug-likeness (QED) is 0.322. The van der Waals surface area contributed by atoms with Crippen LogP contribution in [0.25, 0.3) is 11.5 Å². The van der Waals surface area contributed by atoms with Gasteiger partial charge in [0.05, 0.1) is 46.7 Å². The summed E-state index contributed by atoms with van der Waals surface area (Å²) in [4.78, 5) is 17.7. The van der Waals surface area contributed by atoms with E-state index in [0.29, 0.717) is 12.3 Å². The third-order valence-electron chi connectivity index (χ3n) is 4.21. The number of carbonyl (C=O) groups excluding carboxylic acids is 1. The highest BCUT2D eigenvalue weighted by Crippen LogP contribution is 2.36. The van der Waals surface area contributed by atoms with Crippen LogP contribution in [0, 0.1) is 11.6 Å². The van der Waals surface area contributed by atoms with Gasteiger partial charge in [-0.1, -0.05) is 23.2 Å². The maximum absolute atomic E-state index is 13.8. The molecule has 1 aromatic carbocycles. The van der Waals surface area contributed by atoms with E-state index in [-0.39, 0.29) is 21.2 Å². The summed E-state index contributed by atoms with van der Waals surface area (Å²) in [5.74, 6) is -4.01. The van der Waals surface area contributed by atoms with Gasteiger partial charge in [-0.3, -0.25) is 4.79 Å². The Morgan fingerprint density at radius 1 is 1.03 bits per heavy atom. The number of carbonyl (C=O) groups is 1. The van der Waals surface area contributed by atoms with Crippen LogP contribution >= 0.6 is 23.2 Å². The summed E-state index contributed by atoms with van der Waals surface area (Å²) in [5.41, 5.74) is -3.10. The van der Waals surface area contributed by atoms with E-state index in [2.05, 4.69) is 25.6 Å². The topological polar surface area (TPSA) is 90.5 Å². The first-order valence-corrected chi connectivity index (χ1v) is 9.46. The number of benzene rings is 1. The lowest BCUT2D eigenvalue weighted by atomic mass is 10.2. The number of aromatic nitrogens is 6. The summed E-state index contributed by atoms with van der Waals surface area (Å²) in [6.07, 6.45) is -0.603. The second-order valence-electron chi connectivity index (χ2n) is 6.31. The molecule has 33 heavy (non-hydrogen) atoms. The fraction of sp³-hybridized carbons (Fsp3) is 0.0556. The monoisotopic (exact) mass is 503 g/mol. The van der Waals surface area contributed by atoms with Crippen LogP contribution in [-0.4, -0.2) is 35.7 Å². The maximum Gasteiger partial charge on any atom is 0.434 e. The van der Waals surface area contributed by atoms with Crippen LogP contribution in [0.15, 0.2) is 43.0 Å². The van der Waals surface area contributed by atoms with E-state index >= 15 is 0 Å². The number of hydrogen-bond donors (Lipinski definition) is 1. The van der Waals surface area contributed by atoms with Crippen molar-refractivity contribution in [2.75, 3.05) is 5.32 Å². The molecule has 0 aliphatic carbocycles. The van der Waals surface area contributed by atoms with Gasteiger partial charge in [0.2, 0.25) is 0 Å². The molecule has 0 fully saturated rings. The van der Waals surface area contributed by atoms with Crippen molar-refractivity contribution in [3.8, 4) is 11.5 Å². The van der Waals surface area contributed by atoms with Crippen LogP contribution in [0.1, 0.15) is 16.1 Å². The van der Waals surface area contributed by atoms with Crippen LogP contribution in [-0.2, 0) is 6.18 Å². The second kappa shape index (κ2) is 8.41. The molecule has 0 unspecified atom stereocenters. The molecular weight excluding hydrogens is 496 g/mol. The van der Waals surface area contributed by atoms with E-state index in [1.165, 1.54) is 18.5 Å². The van der Waals surface area contributed by atoms with Gasteiger partial charge < -0.3 is 5.32 Å². The van der Waals surface area contributed by atoms with Crippen molar-refractivity contribution in [2.24, 2.45) is 0 Å². The normalized spacial score (nSPS) is 11.6. The highest BCUT2D eigenvalue weighted by Gasteiger charge is 2.41. The average Bonchev–Trinajstić information content (AvgIpc) is 3.42. The first-order valence-electron chi connectivity index (χ1n) is 8.70. The van der Waals surface area contributed by atoms with Gasteiger partial charge in [0, 0.05) is 0 Å². The van der Waals surface area contributed by atoms with Gasteiger partial charge in [-0.25, -0.2) is 18.4 Å². The zero-order valence-corrected chi connectivity index (χ0v) is 17.3. The van der Waals surface area contributed by atoms with E-state index in [1.807, 2.05) is 0 Å². The molecular formula is C18H8Cl2F5N7O. The fourth-order valence-electron chi connectivity index (χ4n) is 2.82. The van der Waals surface area contributed by atoms with Crippen molar-refractivity contribution in [2.45, 2.75) is 6.18 Å². The largest absolute Gasteiger partial charge is 0.434 e. The van der Waals surface area contributed by atoms with Crippen molar-refractivity contribution in [1.82, 2.24) is 29.8 Å². The van der Waals surface area contributed by atoms with Crippen molar-refractivity contribution in [3.63, 3.8) is 0 Å². The predicted octanol–water partition coefficient (Wildman–Crippen LogP) is 4.70. The molecule has 0 atom stereocenters. The van der Waals surface area contributed by atoms with Gasteiger partial charge in [0.15, 0.2) is 23.1 Å². The van der Waals surface area contributed by atoms with Gasteiger partial charge in [-0.05, 0) is 18.2 Å². The first-order chi connectivity index (χ1) is 15.6. The minimum absolute atomic E-state index is 0.00399. The van der Waals surface area contributed by atoms with Crippen LogP contribution in [0.5, 0.6) is 0 Å². The van der Waals surface area contributed by atoms with Crippen molar-refractivity contribution in [1.29, 1.82) is 0 Å². The lowest BCUT2D eigenvalue weighted by Gasteiger charge is -2.14. The number of rotatable bonds is 4. The number of alkyl halides is 3. The number of hydrogen-bond acceptors (Lipinski definition) is 5. The van der Waals surface area contributed by atoms with Gasteiger partial charge >= 0.3 is 6.18 Å². The van der Waals surface area contributed by atoms with Crippen LogP contribution < -0.4 is 5.32 Å². The molecule has 1 N–H and O–H groups in total. The first kappa shape index (κ1) is 22.6. The zero-order chi connectivity index (χ0) is 23.9. The third-order valence-corrected chi connectivity index (χ3v) is 4.85. The molecule has 4 rings (SSSR count). The van der Waals surface area contributed by atoms with Gasteiger partial charge in [0.1, 0.15) is 5.02 Å². The Morgan fingerprint density at radius 3 is 2.36 bits per heavy atom. The van der Waals surface area contributed by atoms with E-state index < -0.39 is 45.7 Å². The Bertz CT molecular complexity index is 1360. The average molecular weight is 504 g/mol. The molecule has 0 aliphatic rings. The summed E-state index contributed by atoms with van der Waals surface area (Å²) in [6, 6.07) is 2.62. The second-order valence-corrected chi connectivity index (χ2v) is 7.10. The van der Waals surface area contributed by atoms with Crippen molar-refractivity contribution >= 4 is 34.8 Å². The summed E-state index contributed by atoms with van der Waals surface area (Å²) >= 11 is 11.8. The number of halogens is 7. The number of nitrogens with zero attached hydrogens (tertiary/aromatic N) is 6. The van der Waals surface area contributed by atoms with Crippen LogP contribution in [0.4, 0.5) is 27.6 Å². The van der Waals surface area contributed by atoms with E-state index in [0.717, 1.165) is 17.1 Å². The molecule has 3 aromatic heterocycles. The Morgan fingerprint density at radius 2 is 1.73 bits per heavy atom. The number of pyridine rings is 1. The van der Waals surface area contributed by atoms with Gasteiger partial charge in [-0.15, -0.1) is 4.80 Å². The Balaban J connectivity index is 1.71. The predicted molar refractivity (Wildman–Crippen MR) is 106 cm³/mol. The molecule has 15 heteroatoms. The molecule has 1 amide bonds. The molecule has 3 heterocycles. The number of anilines is 1. The minimum Gasteiger partial charge on any atom is -0.320 e. The van der Waals surface area contributed by atoms with Gasteiger partial charge in [0.25, 0.3) is 5.91 Å². The summed E-state index contributed by atoms with van der Waals surface area (Å²) < 4.78 is 68.8. The molecule has 0 radical (unpaired) electrons. The van der Waals surface area contributed by atoms with Crippen LogP contribution in [0.2, 0.25) is 10.0 Å². The van der Waals surface area contributed by atoms with E-state index in [1.54, 1.807) is 0 Å². The van der Waals surface area contributed by atoms with Crippen molar-refractivity contribution in [3.05, 3.63) is 75.9 Å². The highest BCUT2D eigenvalue weighted by atomic mass is 35.5. The molecule has 170 valence electrons. The fourth-order valence-corrected chi connectivity index (χ4v) is 3.29. The lowest BCUT2D eigenvalue weighted by molar-refractivity contribution is -0.143. The SMILES string of the molecule is O=C(Nc1cnc(-n2nccn2)c(Cl)c1)c1cnn(-c2ccc(F)c(F)c2Cl)c1C(F)(F)F. The highest BCUT2D eigenvalue weighted by molar-refractivity contribution is 6.33. The Hall–Kier alpha value is -3.58. The molecule has 0 bridgehead atoms. The standard InChI is InChI=1S/C18H8Cl2F5N7O/c19-10-5-8(6-26-16(10)32-27-3-4-28-32)30-17(33)9-7-29-31(15(9)18(23,24)25)12-2-1-11(21)14(22)13(12)20/h1-7H,(H,30,33). The smallest absolute Gasteiger partial charge is 0.320 e. The summed E-state index contributed by atoms with van der Waals surface area (Å²) in [6.45, 7) is 0. The van der Waals surface area contributed by atoms with Crippen LogP contribution in [0.3, 0.4) is 0 Å². The molecule has 0 spiro atoms. The Labute approximate surface area is 190 Å². The summed E-state index contributed by atoms with van der Waals surface area (Å²) in [5, 5.41) is 12.5. The number of amides is 1. The Kier molecular flexibility index (Phi) is 5.76. The zero-order valence-electron chi connectivity index (χ0n) is 15.8. The van der Waals surface area contributed by atoms with Crippen molar-refractivity contribution < 1.29 is 26.7 Å². The minimum atomic E-state index is -5.11. The molecule has 0 aliphatic heterocycles. The maximum atomic E-state index is 13.8. The third kappa shape index (κ3) is 4.24. The molecule has 0 saturated carbocycles. The van der Waals surface area contributed by atoms with E-state index in [4.69, 9.17) is 23.2 Å². The summed E-state index contributed by atoms with van der Waals surface area (Å²) in [7, 11) is 0. The van der Waals surface area contributed by atoms with E-state index in [9.17, 15) is 26.7 Å². The molecule has 0 saturated heterocycles. The van der Waals surface area contributed by atoms with Gasteiger partial charge in [-0.2, -0.15) is 28.5 Å². The molecule has 8 nitrogen and oxygen atoms in total.